The van der Waals surface area contributed by atoms with Crippen LogP contribution < -0.4 is 4.72 Å². The molecule has 1 aliphatic rings. The Bertz CT molecular complexity index is 562. The number of benzene rings is 1. The molecule has 1 fully saturated rings. The molecule has 0 unspecified atom stereocenters. The molecule has 0 amide bonds. The van der Waals surface area contributed by atoms with Gasteiger partial charge in [0, 0.05) is 18.7 Å². The minimum Gasteiger partial charge on any atom is -0.393 e. The van der Waals surface area contributed by atoms with E-state index in [1.807, 2.05) is 0 Å². The van der Waals surface area contributed by atoms with E-state index in [1.54, 1.807) is 0 Å². The standard InChI is InChI=1S/C11H12F3NO3S/c12-7-3-9(13)11(10(14)4-7)19(17,18)15-5-6-1-8(16)2-6/h3-4,6,8,15-16H,1-2,5H2. The summed E-state index contributed by atoms with van der Waals surface area (Å²) in [5.74, 6) is -4.19. The average Bonchev–Trinajstić information content (AvgIpc) is 2.20. The van der Waals surface area contributed by atoms with Crippen LogP contribution in [0.2, 0.25) is 0 Å². The number of aliphatic hydroxyl groups excluding tert-OH is 1. The maximum absolute atomic E-state index is 13.4. The van der Waals surface area contributed by atoms with Gasteiger partial charge in [0.05, 0.1) is 6.10 Å². The quantitative estimate of drug-likeness (QED) is 0.876. The van der Waals surface area contributed by atoms with Crippen LogP contribution in [0.15, 0.2) is 17.0 Å². The molecule has 2 N–H and O–H groups in total. The van der Waals surface area contributed by atoms with Gasteiger partial charge in [0.15, 0.2) is 4.90 Å². The topological polar surface area (TPSA) is 66.4 Å². The van der Waals surface area contributed by atoms with Crippen molar-refractivity contribution < 1.29 is 26.7 Å². The van der Waals surface area contributed by atoms with Gasteiger partial charge in [0.2, 0.25) is 10.0 Å². The normalized spacial score (nSPS) is 23.2. The van der Waals surface area contributed by atoms with Gasteiger partial charge in [-0.1, -0.05) is 0 Å². The first-order chi connectivity index (χ1) is 8.79. The molecule has 0 bridgehead atoms. The van der Waals surface area contributed by atoms with Crippen molar-refractivity contribution in [2.75, 3.05) is 6.54 Å². The van der Waals surface area contributed by atoms with Crippen LogP contribution in [0.25, 0.3) is 0 Å². The summed E-state index contributed by atoms with van der Waals surface area (Å²) in [7, 11) is -4.38. The fourth-order valence-electron chi connectivity index (χ4n) is 1.95. The predicted octanol–water partition coefficient (Wildman–Crippen LogP) is 1.15. The van der Waals surface area contributed by atoms with Crippen LogP contribution in [0.4, 0.5) is 13.2 Å². The lowest BCUT2D eigenvalue weighted by molar-refractivity contribution is 0.0453. The van der Waals surface area contributed by atoms with Crippen LogP contribution in [0.1, 0.15) is 12.8 Å². The number of aliphatic hydroxyl groups is 1. The number of sulfonamides is 1. The Morgan fingerprint density at radius 2 is 1.74 bits per heavy atom. The highest BCUT2D eigenvalue weighted by Crippen LogP contribution is 2.27. The van der Waals surface area contributed by atoms with Gasteiger partial charge in [-0.15, -0.1) is 0 Å². The van der Waals surface area contributed by atoms with Gasteiger partial charge < -0.3 is 5.11 Å². The molecule has 1 aliphatic carbocycles. The smallest absolute Gasteiger partial charge is 0.246 e. The molecule has 0 heterocycles. The third-order valence-corrected chi connectivity index (χ3v) is 4.48. The van der Waals surface area contributed by atoms with Crippen LogP contribution in [-0.4, -0.2) is 26.2 Å². The van der Waals surface area contributed by atoms with Crippen LogP contribution in [0.5, 0.6) is 0 Å². The molecule has 4 nitrogen and oxygen atoms in total. The van der Waals surface area contributed by atoms with Gasteiger partial charge in [-0.2, -0.15) is 0 Å². The molecule has 1 saturated carbocycles. The Morgan fingerprint density at radius 3 is 2.21 bits per heavy atom. The van der Waals surface area contributed by atoms with Crippen molar-refractivity contribution in [3.05, 3.63) is 29.6 Å². The molecular weight excluding hydrogens is 283 g/mol. The van der Waals surface area contributed by atoms with Crippen molar-refractivity contribution in [1.82, 2.24) is 4.72 Å². The van der Waals surface area contributed by atoms with E-state index in [0.717, 1.165) is 0 Å². The Morgan fingerprint density at radius 1 is 1.21 bits per heavy atom. The van der Waals surface area contributed by atoms with Gasteiger partial charge in [-0.25, -0.2) is 26.3 Å². The summed E-state index contributed by atoms with van der Waals surface area (Å²) in [5.41, 5.74) is 0. The van der Waals surface area contributed by atoms with E-state index in [1.165, 1.54) is 0 Å². The van der Waals surface area contributed by atoms with E-state index in [9.17, 15) is 21.6 Å². The summed E-state index contributed by atoms with van der Waals surface area (Å²) in [6, 6.07) is 0.621. The Hall–Kier alpha value is -1.12. The Kier molecular flexibility index (Phi) is 3.84. The average molecular weight is 295 g/mol. The van der Waals surface area contributed by atoms with Crippen LogP contribution in [0.3, 0.4) is 0 Å². The molecule has 0 atom stereocenters. The molecule has 0 aliphatic heterocycles. The van der Waals surface area contributed by atoms with E-state index in [4.69, 9.17) is 5.11 Å². The second kappa shape index (κ2) is 5.10. The van der Waals surface area contributed by atoms with Gasteiger partial charge in [0.25, 0.3) is 0 Å². The number of hydrogen-bond donors (Lipinski definition) is 2. The molecule has 0 saturated heterocycles. The molecule has 1 aromatic carbocycles. The summed E-state index contributed by atoms with van der Waals surface area (Å²) in [4.78, 5) is -1.19. The van der Waals surface area contributed by atoms with E-state index >= 15 is 0 Å². The van der Waals surface area contributed by atoms with Crippen molar-refractivity contribution >= 4 is 10.0 Å². The van der Waals surface area contributed by atoms with Gasteiger partial charge in [-0.05, 0) is 18.8 Å². The molecule has 19 heavy (non-hydrogen) atoms. The van der Waals surface area contributed by atoms with Crippen LogP contribution >= 0.6 is 0 Å². The summed E-state index contributed by atoms with van der Waals surface area (Å²) in [5, 5.41) is 9.04. The Balaban J connectivity index is 2.15. The zero-order chi connectivity index (χ0) is 14.2. The highest BCUT2D eigenvalue weighted by atomic mass is 32.2. The minimum absolute atomic E-state index is 0.0182. The molecule has 1 aromatic rings. The van der Waals surface area contributed by atoms with E-state index < -0.39 is 38.5 Å². The van der Waals surface area contributed by atoms with Crippen molar-refractivity contribution in [3.8, 4) is 0 Å². The molecule has 0 spiro atoms. The second-order valence-electron chi connectivity index (χ2n) is 4.54. The SMILES string of the molecule is O=S(=O)(NCC1CC(O)C1)c1c(F)cc(F)cc1F. The van der Waals surface area contributed by atoms with E-state index in [0.29, 0.717) is 25.0 Å². The molecule has 106 valence electrons. The highest BCUT2D eigenvalue weighted by Gasteiger charge is 2.30. The number of hydrogen-bond acceptors (Lipinski definition) is 3. The van der Waals surface area contributed by atoms with Gasteiger partial charge in [-0.3, -0.25) is 0 Å². The summed E-state index contributed by atoms with van der Waals surface area (Å²) >= 11 is 0. The first-order valence-electron chi connectivity index (χ1n) is 5.62. The molecule has 0 radical (unpaired) electrons. The van der Waals surface area contributed by atoms with Gasteiger partial charge >= 0.3 is 0 Å². The van der Waals surface area contributed by atoms with Crippen molar-refractivity contribution in [3.63, 3.8) is 0 Å². The predicted molar refractivity (Wildman–Crippen MR) is 60.2 cm³/mol. The first kappa shape index (κ1) is 14.3. The zero-order valence-electron chi connectivity index (χ0n) is 9.74. The van der Waals surface area contributed by atoms with E-state index in [-0.39, 0.29) is 12.5 Å². The van der Waals surface area contributed by atoms with Crippen molar-refractivity contribution in [2.45, 2.75) is 23.8 Å². The largest absolute Gasteiger partial charge is 0.393 e. The van der Waals surface area contributed by atoms with E-state index in [2.05, 4.69) is 4.72 Å². The lowest BCUT2D eigenvalue weighted by Crippen LogP contribution is -2.38. The molecular formula is C11H12F3NO3S. The fourth-order valence-corrected chi connectivity index (χ4v) is 3.18. The maximum atomic E-state index is 13.4. The number of rotatable bonds is 4. The minimum atomic E-state index is -4.38. The van der Waals surface area contributed by atoms with Crippen molar-refractivity contribution in [1.29, 1.82) is 0 Å². The van der Waals surface area contributed by atoms with Crippen LogP contribution in [0, 0.1) is 23.4 Å². The van der Waals surface area contributed by atoms with Crippen molar-refractivity contribution in [2.24, 2.45) is 5.92 Å². The molecule has 8 heteroatoms. The van der Waals surface area contributed by atoms with Crippen LogP contribution in [-0.2, 0) is 10.0 Å². The zero-order valence-corrected chi connectivity index (χ0v) is 10.6. The first-order valence-corrected chi connectivity index (χ1v) is 7.10. The highest BCUT2D eigenvalue weighted by molar-refractivity contribution is 7.89. The second-order valence-corrected chi connectivity index (χ2v) is 6.25. The fraction of sp³-hybridized carbons (Fsp3) is 0.455. The molecule has 2 rings (SSSR count). The third-order valence-electron chi connectivity index (χ3n) is 3.00. The van der Waals surface area contributed by atoms with Gasteiger partial charge in [0.1, 0.15) is 17.5 Å². The summed E-state index contributed by atoms with van der Waals surface area (Å²) in [6.07, 6.45) is 0.433. The maximum Gasteiger partial charge on any atom is 0.246 e. The lowest BCUT2D eigenvalue weighted by atomic mass is 9.83. The lowest BCUT2D eigenvalue weighted by Gasteiger charge is -2.31. The Labute approximate surface area is 108 Å². The summed E-state index contributed by atoms with van der Waals surface area (Å²) < 4.78 is 64.9. The summed E-state index contributed by atoms with van der Waals surface area (Å²) in [6.45, 7) is -0.0182. The third kappa shape index (κ3) is 3.07. The number of nitrogens with one attached hydrogen (secondary N) is 1. The number of halogens is 3. The monoisotopic (exact) mass is 295 g/mol. The molecule has 0 aromatic heterocycles.